The monoisotopic (exact) mass is 395 g/mol. The van der Waals surface area contributed by atoms with Crippen molar-refractivity contribution in [2.75, 3.05) is 13.7 Å². The van der Waals surface area contributed by atoms with Gasteiger partial charge in [-0.05, 0) is 30.7 Å². The second-order valence-electron chi connectivity index (χ2n) is 5.79. The number of thiazole rings is 1. The van der Waals surface area contributed by atoms with Crippen molar-refractivity contribution >= 4 is 23.4 Å². The highest BCUT2D eigenvalue weighted by atomic mass is 32.1. The first-order valence-corrected chi connectivity index (χ1v) is 9.73. The smallest absolute Gasteiger partial charge is 0.330 e. The average Bonchev–Trinajstić information content (AvgIpc) is 3.21. The third kappa shape index (κ3) is 5.20. The number of aromatic nitrogens is 1. The van der Waals surface area contributed by atoms with Crippen LogP contribution < -0.4 is 9.47 Å². The molecule has 0 bridgehead atoms. The van der Waals surface area contributed by atoms with Gasteiger partial charge in [-0.3, -0.25) is 0 Å². The Morgan fingerprint density at radius 1 is 1.14 bits per heavy atom. The quantitative estimate of drug-likeness (QED) is 0.398. The molecule has 3 rings (SSSR count). The number of benzene rings is 2. The van der Waals surface area contributed by atoms with Crippen LogP contribution in [0.15, 0.2) is 60.0 Å². The van der Waals surface area contributed by atoms with Gasteiger partial charge in [-0.1, -0.05) is 36.4 Å². The summed E-state index contributed by atoms with van der Waals surface area (Å²) in [4.78, 5) is 16.1. The van der Waals surface area contributed by atoms with Gasteiger partial charge in [0.15, 0.2) is 11.5 Å². The van der Waals surface area contributed by atoms with Gasteiger partial charge in [-0.25, -0.2) is 9.78 Å². The largest absolute Gasteiger partial charge is 0.493 e. The average molecular weight is 395 g/mol. The third-order valence-electron chi connectivity index (χ3n) is 3.83. The van der Waals surface area contributed by atoms with Gasteiger partial charge in [0.2, 0.25) is 0 Å². The maximum Gasteiger partial charge on any atom is 0.330 e. The van der Waals surface area contributed by atoms with Crippen molar-refractivity contribution in [2.45, 2.75) is 13.5 Å². The summed E-state index contributed by atoms with van der Waals surface area (Å²) in [5.41, 5.74) is 2.77. The summed E-state index contributed by atoms with van der Waals surface area (Å²) in [6.07, 6.45) is 3.07. The van der Waals surface area contributed by atoms with E-state index in [-0.39, 0.29) is 5.97 Å². The standard InChI is InChI=1S/C22H21NO4S/c1-3-26-21(24)12-10-16-9-11-19(20(13-16)25-2)27-14-18-15-28-22(23-18)17-7-5-4-6-8-17/h4-13,15H,3,14H2,1-2H3/b12-10+. The van der Waals surface area contributed by atoms with Gasteiger partial charge in [0.05, 0.1) is 19.4 Å². The predicted octanol–water partition coefficient (Wildman–Crippen LogP) is 4.97. The maximum absolute atomic E-state index is 11.4. The van der Waals surface area contributed by atoms with Crippen molar-refractivity contribution in [1.29, 1.82) is 0 Å². The number of ether oxygens (including phenoxy) is 3. The summed E-state index contributed by atoms with van der Waals surface area (Å²) < 4.78 is 16.2. The zero-order valence-corrected chi connectivity index (χ0v) is 16.6. The number of hydrogen-bond acceptors (Lipinski definition) is 6. The molecule has 0 aliphatic rings. The Bertz CT molecular complexity index is 950. The topological polar surface area (TPSA) is 57.7 Å². The predicted molar refractivity (Wildman–Crippen MR) is 111 cm³/mol. The van der Waals surface area contributed by atoms with E-state index in [0.29, 0.717) is 24.7 Å². The van der Waals surface area contributed by atoms with Gasteiger partial charge in [0.1, 0.15) is 11.6 Å². The van der Waals surface area contributed by atoms with E-state index in [9.17, 15) is 4.79 Å². The summed E-state index contributed by atoms with van der Waals surface area (Å²) in [5, 5.41) is 2.95. The number of esters is 1. The summed E-state index contributed by atoms with van der Waals surface area (Å²) >= 11 is 1.59. The zero-order valence-electron chi connectivity index (χ0n) is 15.8. The summed E-state index contributed by atoms with van der Waals surface area (Å²) in [6, 6.07) is 15.5. The first-order valence-electron chi connectivity index (χ1n) is 8.85. The maximum atomic E-state index is 11.4. The summed E-state index contributed by atoms with van der Waals surface area (Å²) in [6.45, 7) is 2.46. The Labute approximate surface area is 168 Å². The Morgan fingerprint density at radius 2 is 1.96 bits per heavy atom. The lowest BCUT2D eigenvalue weighted by atomic mass is 10.2. The molecular weight excluding hydrogens is 374 g/mol. The van der Waals surface area contributed by atoms with Crippen molar-refractivity contribution in [3.8, 4) is 22.1 Å². The van der Waals surface area contributed by atoms with Gasteiger partial charge in [0, 0.05) is 17.0 Å². The Balaban J connectivity index is 1.66. The molecule has 0 aliphatic carbocycles. The molecule has 0 radical (unpaired) electrons. The fraction of sp³-hybridized carbons (Fsp3) is 0.182. The van der Waals surface area contributed by atoms with Crippen LogP contribution in [0.25, 0.3) is 16.6 Å². The molecule has 144 valence electrons. The Kier molecular flexibility index (Phi) is 6.81. The molecule has 0 unspecified atom stereocenters. The minimum Gasteiger partial charge on any atom is -0.493 e. The highest BCUT2D eigenvalue weighted by Crippen LogP contribution is 2.30. The molecule has 0 saturated carbocycles. The second kappa shape index (κ2) is 9.71. The van der Waals surface area contributed by atoms with Crippen molar-refractivity contribution in [1.82, 2.24) is 4.98 Å². The summed E-state index contributed by atoms with van der Waals surface area (Å²) in [5.74, 6) is 0.828. The van der Waals surface area contributed by atoms with E-state index in [2.05, 4.69) is 4.98 Å². The van der Waals surface area contributed by atoms with Crippen LogP contribution in [0, 0.1) is 0 Å². The minimum absolute atomic E-state index is 0.345. The van der Waals surface area contributed by atoms with Crippen LogP contribution in [0.2, 0.25) is 0 Å². The molecule has 0 spiro atoms. The fourth-order valence-corrected chi connectivity index (χ4v) is 3.31. The number of rotatable bonds is 8. The highest BCUT2D eigenvalue weighted by Gasteiger charge is 2.09. The molecule has 6 heteroatoms. The fourth-order valence-electron chi connectivity index (χ4n) is 2.50. The number of carbonyl (C=O) groups is 1. The van der Waals surface area contributed by atoms with E-state index in [0.717, 1.165) is 21.8 Å². The van der Waals surface area contributed by atoms with E-state index in [1.165, 1.54) is 6.08 Å². The molecule has 0 N–H and O–H groups in total. The number of carbonyl (C=O) groups excluding carboxylic acids is 1. The first-order chi connectivity index (χ1) is 13.7. The van der Waals surface area contributed by atoms with E-state index in [1.54, 1.807) is 31.4 Å². The first kappa shape index (κ1) is 19.6. The highest BCUT2D eigenvalue weighted by molar-refractivity contribution is 7.13. The molecule has 0 atom stereocenters. The normalized spacial score (nSPS) is 10.8. The van der Waals surface area contributed by atoms with Gasteiger partial charge < -0.3 is 14.2 Å². The number of methoxy groups -OCH3 is 1. The lowest BCUT2D eigenvalue weighted by Gasteiger charge is -2.10. The molecule has 0 amide bonds. The minimum atomic E-state index is -0.375. The summed E-state index contributed by atoms with van der Waals surface area (Å²) in [7, 11) is 1.58. The molecule has 0 fully saturated rings. The van der Waals surface area contributed by atoms with Crippen LogP contribution in [-0.2, 0) is 16.1 Å². The van der Waals surface area contributed by atoms with E-state index in [1.807, 2.05) is 53.9 Å². The van der Waals surface area contributed by atoms with E-state index >= 15 is 0 Å². The second-order valence-corrected chi connectivity index (χ2v) is 6.65. The van der Waals surface area contributed by atoms with Crippen LogP contribution in [0.1, 0.15) is 18.2 Å². The van der Waals surface area contributed by atoms with E-state index < -0.39 is 0 Å². The number of nitrogens with zero attached hydrogens (tertiary/aromatic N) is 1. The molecular formula is C22H21NO4S. The van der Waals surface area contributed by atoms with Crippen molar-refractivity contribution in [2.24, 2.45) is 0 Å². The molecule has 3 aromatic rings. The lowest BCUT2D eigenvalue weighted by Crippen LogP contribution is -1.99. The molecule has 2 aromatic carbocycles. The van der Waals surface area contributed by atoms with E-state index in [4.69, 9.17) is 14.2 Å². The van der Waals surface area contributed by atoms with Gasteiger partial charge in [-0.15, -0.1) is 11.3 Å². The molecule has 1 aromatic heterocycles. The van der Waals surface area contributed by atoms with Crippen LogP contribution in [0.5, 0.6) is 11.5 Å². The molecule has 1 heterocycles. The van der Waals surface area contributed by atoms with Crippen LogP contribution in [0.4, 0.5) is 0 Å². The molecule has 28 heavy (non-hydrogen) atoms. The van der Waals surface area contributed by atoms with Crippen LogP contribution in [-0.4, -0.2) is 24.7 Å². The van der Waals surface area contributed by atoms with Crippen LogP contribution in [0.3, 0.4) is 0 Å². The molecule has 0 saturated heterocycles. The molecule has 0 aliphatic heterocycles. The lowest BCUT2D eigenvalue weighted by molar-refractivity contribution is -0.137. The Morgan fingerprint density at radius 3 is 2.71 bits per heavy atom. The zero-order chi connectivity index (χ0) is 19.8. The molecule has 5 nitrogen and oxygen atoms in total. The Hall–Kier alpha value is -3.12. The van der Waals surface area contributed by atoms with Crippen molar-refractivity contribution in [3.63, 3.8) is 0 Å². The van der Waals surface area contributed by atoms with Gasteiger partial charge >= 0.3 is 5.97 Å². The SMILES string of the molecule is CCOC(=O)/C=C/c1ccc(OCc2csc(-c3ccccc3)n2)c(OC)c1. The third-order valence-corrected chi connectivity index (χ3v) is 4.77. The van der Waals surface area contributed by atoms with Gasteiger partial charge in [0.25, 0.3) is 0 Å². The van der Waals surface area contributed by atoms with Crippen molar-refractivity contribution < 1.29 is 19.0 Å². The van der Waals surface area contributed by atoms with Crippen LogP contribution >= 0.6 is 11.3 Å². The number of hydrogen-bond donors (Lipinski definition) is 0. The van der Waals surface area contributed by atoms with Gasteiger partial charge in [-0.2, -0.15) is 0 Å². The van der Waals surface area contributed by atoms with Crippen molar-refractivity contribution in [3.05, 3.63) is 71.2 Å².